The van der Waals surface area contributed by atoms with Gasteiger partial charge in [-0.15, -0.1) is 0 Å². The van der Waals surface area contributed by atoms with Crippen molar-refractivity contribution in [2.45, 2.75) is 0 Å². The van der Waals surface area contributed by atoms with Gasteiger partial charge in [-0.1, -0.05) is 35.9 Å². The monoisotopic (exact) mass is 296 g/mol. The molecule has 0 saturated heterocycles. The smallest absolute Gasteiger partial charge is 0.408 e. The maximum absolute atomic E-state index is 12.0. The van der Waals surface area contributed by atoms with Crippen molar-refractivity contribution in [1.29, 1.82) is 0 Å². The highest BCUT2D eigenvalue weighted by Crippen LogP contribution is 2.24. The second-order valence-electron chi connectivity index (χ2n) is 4.70. The fourth-order valence-electron chi connectivity index (χ4n) is 2.38. The number of benzene rings is 2. The lowest BCUT2D eigenvalue weighted by Gasteiger charge is -1.97. The first-order valence-electron chi connectivity index (χ1n) is 6.40. The molecule has 0 spiro atoms. The van der Waals surface area contributed by atoms with E-state index in [1.54, 1.807) is 18.2 Å². The summed E-state index contributed by atoms with van der Waals surface area (Å²) in [4.78, 5) is 12.0. The number of para-hydroxylation sites is 1. The maximum Gasteiger partial charge on any atom is 0.440 e. The standard InChI is InChI=1S/C16H9ClN2O2/c17-11-7-5-10(6-8-11)13-9-14-12-3-1-2-4-15(12)21-16(20)19(14)18-13/h1-9H. The van der Waals surface area contributed by atoms with Crippen LogP contribution in [0.5, 0.6) is 0 Å². The molecule has 0 fully saturated rings. The Morgan fingerprint density at radius 2 is 1.81 bits per heavy atom. The van der Waals surface area contributed by atoms with Gasteiger partial charge in [-0.25, -0.2) is 4.79 Å². The Morgan fingerprint density at radius 1 is 1.05 bits per heavy atom. The topological polar surface area (TPSA) is 47.5 Å². The molecule has 0 aliphatic heterocycles. The van der Waals surface area contributed by atoms with Gasteiger partial charge in [0.05, 0.1) is 11.2 Å². The number of rotatable bonds is 1. The summed E-state index contributed by atoms with van der Waals surface area (Å²) >= 11 is 5.89. The summed E-state index contributed by atoms with van der Waals surface area (Å²) in [6.45, 7) is 0. The average molecular weight is 297 g/mol. The van der Waals surface area contributed by atoms with Crippen LogP contribution < -0.4 is 5.76 Å². The van der Waals surface area contributed by atoms with E-state index in [9.17, 15) is 4.79 Å². The van der Waals surface area contributed by atoms with Crippen LogP contribution in [0.25, 0.3) is 27.7 Å². The number of fused-ring (bicyclic) bond motifs is 3. The van der Waals surface area contributed by atoms with E-state index in [1.165, 1.54) is 4.52 Å². The number of aromatic nitrogens is 2. The van der Waals surface area contributed by atoms with E-state index >= 15 is 0 Å². The van der Waals surface area contributed by atoms with Gasteiger partial charge in [-0.05, 0) is 30.3 Å². The molecule has 0 bridgehead atoms. The molecule has 0 aliphatic rings. The van der Waals surface area contributed by atoms with Crippen molar-refractivity contribution in [2.75, 3.05) is 0 Å². The van der Waals surface area contributed by atoms with Crippen LogP contribution in [0.3, 0.4) is 0 Å². The fourth-order valence-corrected chi connectivity index (χ4v) is 2.50. The Bertz CT molecular complexity index is 1020. The largest absolute Gasteiger partial charge is 0.440 e. The molecule has 2 aromatic carbocycles. The lowest BCUT2D eigenvalue weighted by Crippen LogP contribution is -2.12. The molecular weight excluding hydrogens is 288 g/mol. The number of halogens is 1. The molecule has 102 valence electrons. The summed E-state index contributed by atoms with van der Waals surface area (Å²) in [7, 11) is 0. The van der Waals surface area contributed by atoms with Crippen molar-refractivity contribution >= 4 is 28.1 Å². The highest BCUT2D eigenvalue weighted by molar-refractivity contribution is 6.30. The van der Waals surface area contributed by atoms with E-state index in [4.69, 9.17) is 16.0 Å². The number of hydrogen-bond acceptors (Lipinski definition) is 3. The average Bonchev–Trinajstić information content (AvgIpc) is 2.94. The zero-order chi connectivity index (χ0) is 14.4. The predicted molar refractivity (Wildman–Crippen MR) is 81.7 cm³/mol. The minimum absolute atomic E-state index is 0.496. The highest BCUT2D eigenvalue weighted by atomic mass is 35.5. The summed E-state index contributed by atoms with van der Waals surface area (Å²) in [5.74, 6) is -0.496. The van der Waals surface area contributed by atoms with Gasteiger partial charge in [0.2, 0.25) is 0 Å². The van der Waals surface area contributed by atoms with Crippen LogP contribution in [0, 0.1) is 0 Å². The number of hydrogen-bond donors (Lipinski definition) is 0. The van der Waals surface area contributed by atoms with Crippen molar-refractivity contribution in [3.63, 3.8) is 0 Å². The SMILES string of the molecule is O=c1oc2ccccc2c2cc(-c3ccc(Cl)cc3)nn12. The van der Waals surface area contributed by atoms with Gasteiger partial charge in [0.25, 0.3) is 0 Å². The Balaban J connectivity index is 2.05. The van der Waals surface area contributed by atoms with Crippen LogP contribution in [0.4, 0.5) is 0 Å². The molecule has 4 aromatic rings. The van der Waals surface area contributed by atoms with Gasteiger partial charge in [0, 0.05) is 16.0 Å². The lowest BCUT2D eigenvalue weighted by atomic mass is 10.1. The first kappa shape index (κ1) is 12.2. The quantitative estimate of drug-likeness (QED) is 0.537. The summed E-state index contributed by atoms with van der Waals surface area (Å²) < 4.78 is 6.55. The van der Waals surface area contributed by atoms with Crippen LogP contribution in [0.2, 0.25) is 5.02 Å². The second-order valence-corrected chi connectivity index (χ2v) is 5.13. The Kier molecular flexibility index (Phi) is 2.59. The minimum Gasteiger partial charge on any atom is -0.408 e. The molecule has 0 saturated carbocycles. The zero-order valence-electron chi connectivity index (χ0n) is 10.8. The number of nitrogens with zero attached hydrogens (tertiary/aromatic N) is 2. The van der Waals surface area contributed by atoms with E-state index in [2.05, 4.69) is 5.10 Å². The van der Waals surface area contributed by atoms with Crippen molar-refractivity contribution in [1.82, 2.24) is 9.61 Å². The third-order valence-electron chi connectivity index (χ3n) is 3.38. The first-order chi connectivity index (χ1) is 10.2. The molecule has 0 atom stereocenters. The van der Waals surface area contributed by atoms with Gasteiger partial charge in [-0.2, -0.15) is 9.61 Å². The van der Waals surface area contributed by atoms with Crippen molar-refractivity contribution in [3.8, 4) is 11.3 Å². The van der Waals surface area contributed by atoms with E-state index < -0.39 is 5.76 Å². The molecule has 0 amide bonds. The third-order valence-corrected chi connectivity index (χ3v) is 3.63. The van der Waals surface area contributed by atoms with E-state index in [1.807, 2.05) is 36.4 Å². The van der Waals surface area contributed by atoms with Gasteiger partial charge in [0.1, 0.15) is 5.58 Å². The molecule has 4 nitrogen and oxygen atoms in total. The second kappa shape index (κ2) is 4.46. The lowest BCUT2D eigenvalue weighted by molar-refractivity contribution is 0.508. The molecule has 2 heterocycles. The van der Waals surface area contributed by atoms with Crippen LogP contribution in [0.15, 0.2) is 63.8 Å². The van der Waals surface area contributed by atoms with Crippen LogP contribution in [-0.4, -0.2) is 9.61 Å². The van der Waals surface area contributed by atoms with Crippen LogP contribution in [0.1, 0.15) is 0 Å². The summed E-state index contributed by atoms with van der Waals surface area (Å²) in [5, 5.41) is 5.84. The molecule has 0 aliphatic carbocycles. The Morgan fingerprint density at radius 3 is 2.62 bits per heavy atom. The molecule has 0 radical (unpaired) electrons. The predicted octanol–water partition coefficient (Wildman–Crippen LogP) is 3.76. The van der Waals surface area contributed by atoms with Crippen molar-refractivity contribution in [3.05, 3.63) is 70.2 Å². The summed E-state index contributed by atoms with van der Waals surface area (Å²) in [6.07, 6.45) is 0. The Labute approximate surface area is 124 Å². The van der Waals surface area contributed by atoms with Gasteiger partial charge in [-0.3, -0.25) is 0 Å². The summed E-state index contributed by atoms with van der Waals surface area (Å²) in [5.41, 5.74) is 2.88. The van der Waals surface area contributed by atoms with E-state index in [-0.39, 0.29) is 0 Å². The molecular formula is C16H9ClN2O2. The molecule has 2 aromatic heterocycles. The van der Waals surface area contributed by atoms with Crippen molar-refractivity contribution < 1.29 is 4.42 Å². The molecule has 5 heteroatoms. The van der Waals surface area contributed by atoms with Gasteiger partial charge < -0.3 is 4.42 Å². The van der Waals surface area contributed by atoms with E-state index in [0.717, 1.165) is 16.5 Å². The van der Waals surface area contributed by atoms with Crippen LogP contribution >= 0.6 is 11.6 Å². The Hall–Kier alpha value is -2.59. The normalized spacial score (nSPS) is 11.3. The highest BCUT2D eigenvalue weighted by Gasteiger charge is 2.11. The summed E-state index contributed by atoms with van der Waals surface area (Å²) in [6, 6.07) is 16.6. The van der Waals surface area contributed by atoms with Gasteiger partial charge in [0.15, 0.2) is 0 Å². The van der Waals surface area contributed by atoms with E-state index in [0.29, 0.717) is 16.3 Å². The minimum atomic E-state index is -0.496. The fraction of sp³-hybridized carbons (Fsp3) is 0. The molecule has 4 rings (SSSR count). The third kappa shape index (κ3) is 1.92. The van der Waals surface area contributed by atoms with Gasteiger partial charge >= 0.3 is 5.76 Å². The molecule has 0 N–H and O–H groups in total. The first-order valence-corrected chi connectivity index (χ1v) is 6.78. The molecule has 0 unspecified atom stereocenters. The zero-order valence-corrected chi connectivity index (χ0v) is 11.5. The maximum atomic E-state index is 12.0. The molecule has 21 heavy (non-hydrogen) atoms. The van der Waals surface area contributed by atoms with Crippen molar-refractivity contribution in [2.24, 2.45) is 0 Å². The van der Waals surface area contributed by atoms with Crippen LogP contribution in [-0.2, 0) is 0 Å².